The van der Waals surface area contributed by atoms with E-state index in [9.17, 15) is 22.8 Å². The Labute approximate surface area is 203 Å². The summed E-state index contributed by atoms with van der Waals surface area (Å²) in [5.41, 5.74) is 2.68. The van der Waals surface area contributed by atoms with Gasteiger partial charge in [0.25, 0.3) is 11.8 Å². The van der Waals surface area contributed by atoms with Crippen molar-refractivity contribution in [3.05, 3.63) is 75.7 Å². The Balaban J connectivity index is 1.23. The molecular formula is C24H22F3N3O4S. The number of alkyl halides is 3. The van der Waals surface area contributed by atoms with Crippen molar-refractivity contribution < 1.29 is 32.2 Å². The highest BCUT2D eigenvalue weighted by Gasteiger charge is 2.31. The van der Waals surface area contributed by atoms with Crippen LogP contribution in [-0.4, -0.2) is 29.8 Å². The molecule has 0 aliphatic heterocycles. The maximum absolute atomic E-state index is 12.7. The molecule has 1 aliphatic rings. The van der Waals surface area contributed by atoms with Gasteiger partial charge >= 0.3 is 6.36 Å². The molecule has 1 atom stereocenters. The smallest absolute Gasteiger partial charge is 0.484 e. The monoisotopic (exact) mass is 505 g/mol. The van der Waals surface area contributed by atoms with Crippen molar-refractivity contribution in [2.75, 3.05) is 6.61 Å². The Kier molecular flexibility index (Phi) is 7.54. The predicted octanol–water partition coefficient (Wildman–Crippen LogP) is 4.54. The van der Waals surface area contributed by atoms with Gasteiger partial charge < -0.3 is 20.1 Å². The molecule has 1 aromatic heterocycles. The van der Waals surface area contributed by atoms with Crippen molar-refractivity contribution in [2.24, 2.45) is 0 Å². The zero-order valence-electron chi connectivity index (χ0n) is 18.4. The third-order valence-corrected chi connectivity index (χ3v) is 6.17. The molecule has 4 rings (SSSR count). The fraction of sp³-hybridized carbons (Fsp3) is 0.292. The van der Waals surface area contributed by atoms with Gasteiger partial charge in [-0.3, -0.25) is 9.59 Å². The number of carbonyl (C=O) groups is 2. The van der Waals surface area contributed by atoms with E-state index in [4.69, 9.17) is 4.74 Å². The van der Waals surface area contributed by atoms with Gasteiger partial charge in [-0.2, -0.15) is 0 Å². The number of hydrogen-bond donors (Lipinski definition) is 2. The maximum atomic E-state index is 12.7. The number of nitrogens with zero attached hydrogens (tertiary/aromatic N) is 1. The van der Waals surface area contributed by atoms with E-state index in [1.54, 1.807) is 5.38 Å². The first-order valence-corrected chi connectivity index (χ1v) is 11.7. The lowest BCUT2D eigenvalue weighted by atomic mass is 9.88. The number of ether oxygens (including phenoxy) is 2. The standard InChI is InChI=1S/C24H22F3N3O4S/c25-24(26,27)34-17-10-8-16(9-11-17)33-13-21(31)28-12-22-29-20(14-35-22)23(32)30-19-7-3-5-15-4-1-2-6-18(15)19/h1-2,4,6,8-11,14,19H,3,5,7,12-13H2,(H,28,31)(H,30,32)/t19-/m0/s1. The Morgan fingerprint density at radius 2 is 1.83 bits per heavy atom. The van der Waals surface area contributed by atoms with E-state index in [0.717, 1.165) is 37.0 Å². The minimum absolute atomic E-state index is 0.0523. The summed E-state index contributed by atoms with van der Waals surface area (Å²) in [4.78, 5) is 29.0. The van der Waals surface area contributed by atoms with E-state index in [2.05, 4.69) is 26.4 Å². The number of aromatic nitrogens is 1. The van der Waals surface area contributed by atoms with Gasteiger partial charge in [0, 0.05) is 5.38 Å². The van der Waals surface area contributed by atoms with Crippen LogP contribution in [0, 0.1) is 0 Å². The number of benzene rings is 2. The fourth-order valence-corrected chi connectivity index (χ4v) is 4.46. The second-order valence-electron chi connectivity index (χ2n) is 7.83. The number of thiazole rings is 1. The molecule has 2 amide bonds. The molecule has 2 aromatic carbocycles. The van der Waals surface area contributed by atoms with Gasteiger partial charge in [0.05, 0.1) is 12.6 Å². The van der Waals surface area contributed by atoms with Crippen LogP contribution in [0.4, 0.5) is 13.2 Å². The minimum Gasteiger partial charge on any atom is -0.484 e. The maximum Gasteiger partial charge on any atom is 0.573 e. The van der Waals surface area contributed by atoms with Gasteiger partial charge in [0.15, 0.2) is 6.61 Å². The largest absolute Gasteiger partial charge is 0.573 e. The summed E-state index contributed by atoms with van der Waals surface area (Å²) < 4.78 is 45.6. The lowest BCUT2D eigenvalue weighted by Crippen LogP contribution is -2.31. The summed E-state index contributed by atoms with van der Waals surface area (Å²) in [6, 6.07) is 12.8. The molecule has 11 heteroatoms. The molecule has 1 heterocycles. The van der Waals surface area contributed by atoms with Crippen LogP contribution in [0.15, 0.2) is 53.9 Å². The molecule has 0 saturated heterocycles. The highest BCUT2D eigenvalue weighted by atomic mass is 32.1. The van der Waals surface area contributed by atoms with Crippen molar-refractivity contribution >= 4 is 23.2 Å². The average molecular weight is 506 g/mol. The Morgan fingerprint density at radius 1 is 1.09 bits per heavy atom. The summed E-state index contributed by atoms with van der Waals surface area (Å²) in [7, 11) is 0. The number of nitrogens with one attached hydrogen (secondary N) is 2. The second-order valence-corrected chi connectivity index (χ2v) is 8.77. The van der Waals surface area contributed by atoms with E-state index in [1.165, 1.54) is 29.0 Å². The number of amides is 2. The van der Waals surface area contributed by atoms with E-state index >= 15 is 0 Å². The van der Waals surface area contributed by atoms with Crippen LogP contribution >= 0.6 is 11.3 Å². The molecule has 35 heavy (non-hydrogen) atoms. The van der Waals surface area contributed by atoms with Gasteiger partial charge in [-0.1, -0.05) is 24.3 Å². The number of fused-ring (bicyclic) bond motifs is 1. The van der Waals surface area contributed by atoms with Gasteiger partial charge in [-0.05, 0) is 54.7 Å². The van der Waals surface area contributed by atoms with Crippen LogP contribution in [0.25, 0.3) is 0 Å². The zero-order chi connectivity index (χ0) is 24.8. The molecule has 0 unspecified atom stereocenters. The van der Waals surface area contributed by atoms with Gasteiger partial charge in [0.1, 0.15) is 22.2 Å². The molecule has 0 spiro atoms. The second kappa shape index (κ2) is 10.8. The highest BCUT2D eigenvalue weighted by Crippen LogP contribution is 2.30. The van der Waals surface area contributed by atoms with Gasteiger partial charge in [0.2, 0.25) is 0 Å². The third kappa shape index (κ3) is 6.95. The number of carbonyl (C=O) groups excluding carboxylic acids is 2. The Morgan fingerprint density at radius 3 is 2.60 bits per heavy atom. The van der Waals surface area contributed by atoms with E-state index < -0.39 is 12.3 Å². The first-order chi connectivity index (χ1) is 16.8. The zero-order valence-corrected chi connectivity index (χ0v) is 19.2. The van der Waals surface area contributed by atoms with Crippen LogP contribution < -0.4 is 20.1 Å². The van der Waals surface area contributed by atoms with E-state index in [1.807, 2.05) is 18.2 Å². The molecule has 0 bridgehead atoms. The molecule has 0 fully saturated rings. The number of halogens is 3. The van der Waals surface area contributed by atoms with Crippen molar-refractivity contribution in [1.82, 2.24) is 15.6 Å². The Bertz CT molecular complexity index is 1180. The molecule has 7 nitrogen and oxygen atoms in total. The lowest BCUT2D eigenvalue weighted by Gasteiger charge is -2.26. The van der Waals surface area contributed by atoms with Crippen LogP contribution in [-0.2, 0) is 17.8 Å². The van der Waals surface area contributed by atoms with Gasteiger partial charge in [-0.15, -0.1) is 24.5 Å². The third-order valence-electron chi connectivity index (χ3n) is 5.32. The summed E-state index contributed by atoms with van der Waals surface area (Å²) in [6.07, 6.45) is -1.90. The van der Waals surface area contributed by atoms with Crippen molar-refractivity contribution in [1.29, 1.82) is 0 Å². The minimum atomic E-state index is -4.78. The van der Waals surface area contributed by atoms with Crippen molar-refractivity contribution in [2.45, 2.75) is 38.2 Å². The quantitative estimate of drug-likeness (QED) is 0.469. The summed E-state index contributed by atoms with van der Waals surface area (Å²) in [5.74, 6) is -0.875. The topological polar surface area (TPSA) is 89.6 Å². The molecule has 1 aliphatic carbocycles. The first-order valence-electron chi connectivity index (χ1n) is 10.9. The first kappa shape index (κ1) is 24.5. The summed E-state index contributed by atoms with van der Waals surface area (Å²) in [5, 5.41) is 7.89. The van der Waals surface area contributed by atoms with Crippen molar-refractivity contribution in [3.63, 3.8) is 0 Å². The van der Waals surface area contributed by atoms with E-state index in [-0.39, 0.29) is 36.6 Å². The Hall–Kier alpha value is -3.60. The normalized spacial score (nSPS) is 15.1. The number of hydrogen-bond acceptors (Lipinski definition) is 6. The lowest BCUT2D eigenvalue weighted by molar-refractivity contribution is -0.274. The van der Waals surface area contributed by atoms with Crippen LogP contribution in [0.2, 0.25) is 0 Å². The predicted molar refractivity (Wildman–Crippen MR) is 122 cm³/mol. The molecule has 3 aromatic rings. The van der Waals surface area contributed by atoms with Crippen LogP contribution in [0.5, 0.6) is 11.5 Å². The summed E-state index contributed by atoms with van der Waals surface area (Å²) >= 11 is 1.25. The number of rotatable bonds is 8. The molecule has 0 saturated carbocycles. The highest BCUT2D eigenvalue weighted by molar-refractivity contribution is 7.09. The van der Waals surface area contributed by atoms with Crippen LogP contribution in [0.1, 0.15) is 45.5 Å². The average Bonchev–Trinajstić information content (AvgIpc) is 3.31. The van der Waals surface area contributed by atoms with E-state index in [0.29, 0.717) is 10.7 Å². The van der Waals surface area contributed by atoms with Gasteiger partial charge in [-0.25, -0.2) is 4.98 Å². The number of aryl methyl sites for hydroxylation is 1. The summed E-state index contributed by atoms with van der Waals surface area (Å²) in [6.45, 7) is -0.218. The molecule has 2 N–H and O–H groups in total. The van der Waals surface area contributed by atoms with Crippen LogP contribution in [0.3, 0.4) is 0 Å². The SMILES string of the molecule is O=C(COc1ccc(OC(F)(F)F)cc1)NCc1nc(C(=O)N[C@H]2CCCc3ccccc32)cs1. The fourth-order valence-electron chi connectivity index (χ4n) is 3.74. The molecule has 184 valence electrons. The van der Waals surface area contributed by atoms with Crippen molar-refractivity contribution in [3.8, 4) is 11.5 Å². The molecule has 0 radical (unpaired) electrons. The molecular weight excluding hydrogens is 483 g/mol.